The van der Waals surface area contributed by atoms with Crippen LogP contribution in [0.15, 0.2) is 24.3 Å². The van der Waals surface area contributed by atoms with Gasteiger partial charge in [0.2, 0.25) is 0 Å². The zero-order chi connectivity index (χ0) is 17.9. The van der Waals surface area contributed by atoms with E-state index >= 15 is 0 Å². The van der Waals surface area contributed by atoms with Gasteiger partial charge < -0.3 is 4.90 Å². The molecule has 0 spiro atoms. The van der Waals surface area contributed by atoms with Gasteiger partial charge >= 0.3 is 0 Å². The highest BCUT2D eigenvalue weighted by molar-refractivity contribution is 7.86. The van der Waals surface area contributed by atoms with Gasteiger partial charge in [0, 0.05) is 60.1 Å². The molecule has 8 heteroatoms. The van der Waals surface area contributed by atoms with Crippen LogP contribution in [0.4, 0.5) is 5.69 Å². The van der Waals surface area contributed by atoms with E-state index in [-0.39, 0.29) is 6.04 Å². The van der Waals surface area contributed by atoms with Crippen molar-refractivity contribution in [3.05, 3.63) is 29.8 Å². The summed E-state index contributed by atoms with van der Waals surface area (Å²) in [5.41, 5.74) is 2.02. The Morgan fingerprint density at radius 2 is 1.58 bits per heavy atom. The molecule has 1 fully saturated rings. The maximum absolute atomic E-state index is 12.2. The fourth-order valence-corrected chi connectivity index (χ4v) is 3.83. The van der Waals surface area contributed by atoms with Gasteiger partial charge in [0.05, 0.1) is 6.07 Å². The van der Waals surface area contributed by atoms with Crippen molar-refractivity contribution in [2.75, 3.05) is 59.3 Å². The highest BCUT2D eigenvalue weighted by Gasteiger charge is 2.31. The fourth-order valence-electron chi connectivity index (χ4n) is 2.75. The zero-order valence-electron chi connectivity index (χ0n) is 14.7. The van der Waals surface area contributed by atoms with Crippen molar-refractivity contribution in [1.82, 2.24) is 13.5 Å². The lowest BCUT2D eigenvalue weighted by atomic mass is 10.1. The van der Waals surface area contributed by atoms with Crippen LogP contribution in [0.5, 0.6) is 0 Å². The first kappa shape index (κ1) is 18.7. The Morgan fingerprint density at radius 3 is 2.00 bits per heavy atom. The van der Waals surface area contributed by atoms with Crippen molar-refractivity contribution in [3.8, 4) is 6.07 Å². The van der Waals surface area contributed by atoms with Gasteiger partial charge in [0.15, 0.2) is 0 Å². The molecule has 1 aromatic rings. The predicted molar refractivity (Wildman–Crippen MR) is 94.9 cm³/mol. The Morgan fingerprint density at radius 1 is 1.04 bits per heavy atom. The summed E-state index contributed by atoms with van der Waals surface area (Å²) >= 11 is 0. The lowest BCUT2D eigenvalue weighted by molar-refractivity contribution is 0.159. The molecular weight excluding hydrogens is 326 g/mol. The smallest absolute Gasteiger partial charge is 0.281 e. The van der Waals surface area contributed by atoms with E-state index in [0.29, 0.717) is 26.2 Å². The maximum atomic E-state index is 12.2. The van der Waals surface area contributed by atoms with Gasteiger partial charge in [-0.05, 0) is 17.7 Å². The third-order valence-electron chi connectivity index (χ3n) is 4.27. The van der Waals surface area contributed by atoms with Crippen molar-refractivity contribution >= 4 is 15.9 Å². The summed E-state index contributed by atoms with van der Waals surface area (Å²) in [6.45, 7) is 1.88. The van der Waals surface area contributed by atoms with Gasteiger partial charge in [0.25, 0.3) is 10.2 Å². The lowest BCUT2D eigenvalue weighted by Gasteiger charge is -2.37. The molecule has 0 saturated carbocycles. The van der Waals surface area contributed by atoms with Crippen molar-refractivity contribution < 1.29 is 8.42 Å². The molecular formula is C16H25N5O2S. The number of nitrogens with zero attached hydrogens (tertiary/aromatic N) is 5. The summed E-state index contributed by atoms with van der Waals surface area (Å²) in [7, 11) is 3.63. The predicted octanol–water partition coefficient (Wildman–Crippen LogP) is 0.741. The van der Waals surface area contributed by atoms with Crippen LogP contribution in [0, 0.1) is 11.3 Å². The minimum Gasteiger partial charge on any atom is -0.378 e. The molecule has 0 radical (unpaired) electrons. The van der Waals surface area contributed by atoms with Crippen LogP contribution in [0.2, 0.25) is 0 Å². The average Bonchev–Trinajstić information content (AvgIpc) is 2.56. The number of nitriles is 1. The third kappa shape index (κ3) is 3.87. The standard InChI is InChI=1S/C16H25N5O2S/c1-18(2)15-7-5-14(6-8-15)16(13-17)20-9-11-21(12-10-20)24(22,23)19(3)4/h5-8,16H,9-12H2,1-4H3. The summed E-state index contributed by atoms with van der Waals surface area (Å²) < 4.78 is 27.0. The Labute approximate surface area is 144 Å². The highest BCUT2D eigenvalue weighted by Crippen LogP contribution is 2.24. The van der Waals surface area contributed by atoms with Crippen LogP contribution in [-0.4, -0.2) is 76.3 Å². The lowest BCUT2D eigenvalue weighted by Crippen LogP contribution is -2.52. The number of benzene rings is 1. The summed E-state index contributed by atoms with van der Waals surface area (Å²) in [5, 5.41) is 9.58. The molecule has 1 aliphatic heterocycles. The second-order valence-corrected chi connectivity index (χ2v) is 8.39. The summed E-state index contributed by atoms with van der Waals surface area (Å²) in [4.78, 5) is 4.04. The molecule has 1 atom stereocenters. The number of rotatable bonds is 5. The largest absolute Gasteiger partial charge is 0.378 e. The Kier molecular flexibility index (Phi) is 5.83. The number of piperazine rings is 1. The van der Waals surface area contributed by atoms with Gasteiger partial charge in [-0.2, -0.15) is 22.3 Å². The van der Waals surface area contributed by atoms with Crippen LogP contribution < -0.4 is 4.90 Å². The normalized spacial score (nSPS) is 18.3. The molecule has 1 aromatic carbocycles. The van der Waals surface area contributed by atoms with E-state index in [1.165, 1.54) is 22.7 Å². The maximum Gasteiger partial charge on any atom is 0.281 e. The number of hydrogen-bond acceptors (Lipinski definition) is 5. The van der Waals surface area contributed by atoms with Crippen molar-refractivity contribution in [2.45, 2.75) is 6.04 Å². The van der Waals surface area contributed by atoms with E-state index in [0.717, 1.165) is 11.3 Å². The van der Waals surface area contributed by atoms with Crippen molar-refractivity contribution in [1.29, 1.82) is 5.26 Å². The molecule has 24 heavy (non-hydrogen) atoms. The van der Waals surface area contributed by atoms with Gasteiger partial charge in [-0.3, -0.25) is 4.90 Å². The molecule has 1 aliphatic rings. The molecule has 1 unspecified atom stereocenters. The van der Waals surface area contributed by atoms with Crippen LogP contribution in [-0.2, 0) is 10.2 Å². The minimum atomic E-state index is -3.38. The summed E-state index contributed by atoms with van der Waals surface area (Å²) in [6.07, 6.45) is 0. The van der Waals surface area contributed by atoms with E-state index in [4.69, 9.17) is 0 Å². The molecule has 7 nitrogen and oxygen atoms in total. The number of anilines is 1. The molecule has 1 heterocycles. The van der Waals surface area contributed by atoms with Crippen LogP contribution in [0.3, 0.4) is 0 Å². The van der Waals surface area contributed by atoms with Gasteiger partial charge in [-0.15, -0.1) is 0 Å². The molecule has 0 bridgehead atoms. The quantitative estimate of drug-likeness (QED) is 0.783. The first-order valence-corrected chi connectivity index (χ1v) is 9.25. The van der Waals surface area contributed by atoms with E-state index in [1.807, 2.05) is 48.2 Å². The first-order chi connectivity index (χ1) is 11.3. The number of hydrogen-bond donors (Lipinski definition) is 0. The fraction of sp³-hybridized carbons (Fsp3) is 0.562. The Balaban J connectivity index is 2.07. The Hall–Kier alpha value is -1.66. The molecule has 1 saturated heterocycles. The molecule has 0 N–H and O–H groups in total. The topological polar surface area (TPSA) is 70.9 Å². The van der Waals surface area contributed by atoms with Gasteiger partial charge in [-0.25, -0.2) is 0 Å². The SMILES string of the molecule is CN(C)c1ccc(C(C#N)N2CCN(S(=O)(=O)N(C)C)CC2)cc1. The molecule has 2 rings (SSSR count). The van der Waals surface area contributed by atoms with E-state index in [2.05, 4.69) is 6.07 Å². The first-order valence-electron chi connectivity index (χ1n) is 7.86. The monoisotopic (exact) mass is 351 g/mol. The van der Waals surface area contributed by atoms with E-state index in [9.17, 15) is 13.7 Å². The van der Waals surface area contributed by atoms with Crippen LogP contribution in [0.25, 0.3) is 0 Å². The molecule has 0 amide bonds. The second-order valence-electron chi connectivity index (χ2n) is 6.24. The van der Waals surface area contributed by atoms with E-state index in [1.54, 1.807) is 0 Å². The van der Waals surface area contributed by atoms with Crippen LogP contribution >= 0.6 is 0 Å². The van der Waals surface area contributed by atoms with Gasteiger partial charge in [0.1, 0.15) is 6.04 Å². The van der Waals surface area contributed by atoms with E-state index < -0.39 is 10.2 Å². The average molecular weight is 351 g/mol. The van der Waals surface area contributed by atoms with Crippen molar-refractivity contribution in [3.63, 3.8) is 0 Å². The summed E-state index contributed by atoms with van der Waals surface area (Å²) in [5.74, 6) is 0. The second kappa shape index (κ2) is 7.49. The molecule has 0 aliphatic carbocycles. The van der Waals surface area contributed by atoms with Crippen LogP contribution in [0.1, 0.15) is 11.6 Å². The van der Waals surface area contributed by atoms with Gasteiger partial charge in [-0.1, -0.05) is 12.1 Å². The molecule has 0 aromatic heterocycles. The Bertz CT molecular complexity index is 686. The molecule has 132 valence electrons. The zero-order valence-corrected chi connectivity index (χ0v) is 15.5. The van der Waals surface area contributed by atoms with Crippen molar-refractivity contribution in [2.24, 2.45) is 0 Å². The third-order valence-corrected chi connectivity index (χ3v) is 6.21. The minimum absolute atomic E-state index is 0.356. The summed E-state index contributed by atoms with van der Waals surface area (Å²) in [6, 6.07) is 9.90. The highest BCUT2D eigenvalue weighted by atomic mass is 32.2.